The lowest BCUT2D eigenvalue weighted by atomic mass is 10.0. The molecule has 0 aliphatic heterocycles. The van der Waals surface area contributed by atoms with Crippen molar-refractivity contribution in [2.75, 3.05) is 0 Å². The van der Waals surface area contributed by atoms with Gasteiger partial charge in [0.25, 0.3) is 0 Å². The van der Waals surface area contributed by atoms with Gasteiger partial charge in [-0.3, -0.25) is 0 Å². The first-order valence-electron chi connectivity index (χ1n) is 4.44. The van der Waals surface area contributed by atoms with Crippen molar-refractivity contribution in [3.05, 3.63) is 28.6 Å². The Morgan fingerprint density at radius 3 is 2.46 bits per heavy atom. The molecule has 0 aromatic carbocycles. The summed E-state index contributed by atoms with van der Waals surface area (Å²) in [7, 11) is 0. The van der Waals surface area contributed by atoms with Gasteiger partial charge >= 0.3 is 0 Å². The molecule has 2 heteroatoms. The maximum Gasteiger partial charge on any atom is 0.141 e. The van der Waals surface area contributed by atoms with E-state index in [1.54, 1.807) is 0 Å². The molecule has 1 rings (SSSR count). The zero-order valence-electron chi connectivity index (χ0n) is 8.55. The molecule has 1 aromatic rings. The van der Waals surface area contributed by atoms with Gasteiger partial charge in [0.05, 0.1) is 0 Å². The summed E-state index contributed by atoms with van der Waals surface area (Å²) in [6, 6.07) is 3.91. The maximum atomic E-state index is 8.75. The molecule has 0 fully saturated rings. The van der Waals surface area contributed by atoms with Crippen LogP contribution in [0, 0.1) is 25.2 Å². The number of hydrogen-bond donors (Lipinski definition) is 0. The number of rotatable bonds is 1. The summed E-state index contributed by atoms with van der Waals surface area (Å²) in [5, 5.41) is 8.75. The Morgan fingerprint density at radius 2 is 2.00 bits per heavy atom. The Labute approximate surface area is 79.2 Å². The standard InChI is InChI=1S/C11H14N2/c1-7(2)11-9(4)8(3)5-10(6-12)13-11/h5,7H,1-4H3. The Morgan fingerprint density at radius 1 is 1.38 bits per heavy atom. The molecule has 2 nitrogen and oxygen atoms in total. The topological polar surface area (TPSA) is 36.7 Å². The van der Waals surface area contributed by atoms with Gasteiger partial charge in [0.2, 0.25) is 0 Å². The van der Waals surface area contributed by atoms with Crippen LogP contribution in [0.15, 0.2) is 6.07 Å². The Balaban J connectivity index is 3.35. The molecule has 0 spiro atoms. The van der Waals surface area contributed by atoms with Crippen LogP contribution in [0.2, 0.25) is 0 Å². The summed E-state index contributed by atoms with van der Waals surface area (Å²) in [5.41, 5.74) is 3.91. The van der Waals surface area contributed by atoms with Crippen LogP contribution >= 0.6 is 0 Å². The number of aryl methyl sites for hydroxylation is 1. The molecule has 0 radical (unpaired) electrons. The summed E-state index contributed by atoms with van der Waals surface area (Å²) in [5.74, 6) is 0.381. The van der Waals surface area contributed by atoms with Crippen molar-refractivity contribution < 1.29 is 0 Å². The minimum absolute atomic E-state index is 0.381. The van der Waals surface area contributed by atoms with E-state index in [0.29, 0.717) is 11.6 Å². The van der Waals surface area contributed by atoms with Gasteiger partial charge in [-0.2, -0.15) is 5.26 Å². The highest BCUT2D eigenvalue weighted by atomic mass is 14.7. The fourth-order valence-corrected chi connectivity index (χ4v) is 1.38. The summed E-state index contributed by atoms with van der Waals surface area (Å²) >= 11 is 0. The lowest BCUT2D eigenvalue weighted by molar-refractivity contribution is 0.805. The molecule has 0 saturated carbocycles. The molecule has 1 aromatic heterocycles. The van der Waals surface area contributed by atoms with Crippen LogP contribution in [-0.2, 0) is 0 Å². The third-order valence-corrected chi connectivity index (χ3v) is 2.23. The number of nitrogens with zero attached hydrogens (tertiary/aromatic N) is 2. The molecule has 0 aliphatic carbocycles. The fourth-order valence-electron chi connectivity index (χ4n) is 1.38. The van der Waals surface area contributed by atoms with Crippen LogP contribution in [-0.4, -0.2) is 4.98 Å². The van der Waals surface area contributed by atoms with E-state index in [0.717, 1.165) is 11.3 Å². The molecule has 0 aliphatic rings. The zero-order chi connectivity index (χ0) is 10.0. The first-order chi connectivity index (χ1) is 6.06. The highest BCUT2D eigenvalue weighted by molar-refractivity contribution is 5.36. The van der Waals surface area contributed by atoms with Crippen LogP contribution in [0.4, 0.5) is 0 Å². The number of nitriles is 1. The second-order valence-corrected chi connectivity index (χ2v) is 3.60. The monoisotopic (exact) mass is 174 g/mol. The van der Waals surface area contributed by atoms with Crippen LogP contribution < -0.4 is 0 Å². The smallest absolute Gasteiger partial charge is 0.141 e. The van der Waals surface area contributed by atoms with E-state index in [1.165, 1.54) is 5.56 Å². The number of pyridine rings is 1. The van der Waals surface area contributed by atoms with Crippen molar-refractivity contribution in [2.24, 2.45) is 0 Å². The quantitative estimate of drug-likeness (QED) is 0.656. The largest absolute Gasteiger partial charge is 0.242 e. The van der Waals surface area contributed by atoms with Gasteiger partial charge in [-0.05, 0) is 37.0 Å². The van der Waals surface area contributed by atoms with Crippen molar-refractivity contribution in [3.63, 3.8) is 0 Å². The van der Waals surface area contributed by atoms with Gasteiger partial charge in [-0.25, -0.2) is 4.98 Å². The molecule has 0 amide bonds. The molecule has 1 heterocycles. The molecule has 68 valence electrons. The van der Waals surface area contributed by atoms with Crippen molar-refractivity contribution in [2.45, 2.75) is 33.6 Å². The predicted molar refractivity (Wildman–Crippen MR) is 52.5 cm³/mol. The SMILES string of the molecule is Cc1cc(C#N)nc(C(C)C)c1C. The first-order valence-corrected chi connectivity index (χ1v) is 4.44. The molecule has 0 unspecified atom stereocenters. The Hall–Kier alpha value is -1.36. The minimum Gasteiger partial charge on any atom is -0.242 e. The predicted octanol–water partition coefficient (Wildman–Crippen LogP) is 2.69. The normalized spacial score (nSPS) is 10.2. The van der Waals surface area contributed by atoms with Gasteiger partial charge in [0, 0.05) is 5.69 Å². The van der Waals surface area contributed by atoms with Crippen molar-refractivity contribution in [1.29, 1.82) is 5.26 Å². The summed E-state index contributed by atoms with van der Waals surface area (Å²) in [6.45, 7) is 8.26. The zero-order valence-corrected chi connectivity index (χ0v) is 8.55. The first kappa shape index (κ1) is 9.73. The third kappa shape index (κ3) is 1.86. The van der Waals surface area contributed by atoms with E-state index >= 15 is 0 Å². The average molecular weight is 174 g/mol. The fraction of sp³-hybridized carbons (Fsp3) is 0.455. The molecule has 0 N–H and O–H groups in total. The van der Waals surface area contributed by atoms with Gasteiger partial charge in [-0.15, -0.1) is 0 Å². The molecular formula is C11H14N2. The second-order valence-electron chi connectivity index (χ2n) is 3.60. The van der Waals surface area contributed by atoms with Crippen LogP contribution in [0.1, 0.15) is 42.3 Å². The average Bonchev–Trinajstić information content (AvgIpc) is 2.09. The molecule has 0 saturated heterocycles. The highest BCUT2D eigenvalue weighted by Gasteiger charge is 2.08. The van der Waals surface area contributed by atoms with E-state index < -0.39 is 0 Å². The molecular weight excluding hydrogens is 160 g/mol. The van der Waals surface area contributed by atoms with Crippen molar-refractivity contribution >= 4 is 0 Å². The lowest BCUT2D eigenvalue weighted by Gasteiger charge is -2.10. The van der Waals surface area contributed by atoms with E-state index in [2.05, 4.69) is 31.8 Å². The van der Waals surface area contributed by atoms with Gasteiger partial charge in [0.1, 0.15) is 11.8 Å². The van der Waals surface area contributed by atoms with E-state index in [1.807, 2.05) is 13.0 Å². The summed E-state index contributed by atoms with van der Waals surface area (Å²) in [4.78, 5) is 4.29. The Bertz CT molecular complexity index is 359. The van der Waals surface area contributed by atoms with Gasteiger partial charge in [-0.1, -0.05) is 13.8 Å². The van der Waals surface area contributed by atoms with E-state index in [9.17, 15) is 0 Å². The highest BCUT2D eigenvalue weighted by Crippen LogP contribution is 2.19. The minimum atomic E-state index is 0.381. The second kappa shape index (κ2) is 3.57. The Kier molecular flexibility index (Phi) is 2.67. The lowest BCUT2D eigenvalue weighted by Crippen LogP contribution is -2.01. The molecule has 0 atom stereocenters. The summed E-state index contributed by atoms with van der Waals surface area (Å²) < 4.78 is 0. The van der Waals surface area contributed by atoms with Crippen LogP contribution in [0.25, 0.3) is 0 Å². The third-order valence-electron chi connectivity index (χ3n) is 2.23. The summed E-state index contributed by atoms with van der Waals surface area (Å²) in [6.07, 6.45) is 0. The number of hydrogen-bond acceptors (Lipinski definition) is 2. The molecule has 0 bridgehead atoms. The van der Waals surface area contributed by atoms with E-state index in [4.69, 9.17) is 5.26 Å². The van der Waals surface area contributed by atoms with E-state index in [-0.39, 0.29) is 0 Å². The number of aromatic nitrogens is 1. The van der Waals surface area contributed by atoms with Gasteiger partial charge in [0.15, 0.2) is 0 Å². The van der Waals surface area contributed by atoms with Crippen molar-refractivity contribution in [1.82, 2.24) is 4.98 Å². The molecule has 13 heavy (non-hydrogen) atoms. The van der Waals surface area contributed by atoms with Crippen LogP contribution in [0.3, 0.4) is 0 Å². The van der Waals surface area contributed by atoms with Crippen LogP contribution in [0.5, 0.6) is 0 Å². The van der Waals surface area contributed by atoms with Gasteiger partial charge < -0.3 is 0 Å². The maximum absolute atomic E-state index is 8.75. The van der Waals surface area contributed by atoms with Crippen molar-refractivity contribution in [3.8, 4) is 6.07 Å².